The highest BCUT2D eigenvalue weighted by Gasteiger charge is 2.17. The van der Waals surface area contributed by atoms with Crippen LogP contribution in [0.4, 0.5) is 0 Å². The number of halogens is 1. The molecule has 90 valence electrons. The third-order valence-corrected chi connectivity index (χ3v) is 3.76. The fourth-order valence-corrected chi connectivity index (χ4v) is 2.70. The molecule has 0 amide bonds. The van der Waals surface area contributed by atoms with Crippen LogP contribution in [0.15, 0.2) is 21.4 Å². The Labute approximate surface area is 104 Å². The number of nitrogens with two attached hydrogens (primary N) is 1. The number of furan rings is 1. The van der Waals surface area contributed by atoms with Crippen LogP contribution in [0.5, 0.6) is 0 Å². The van der Waals surface area contributed by atoms with Gasteiger partial charge in [-0.15, -0.1) is 0 Å². The molecular weight excluding hydrogens is 270 g/mol. The second kappa shape index (κ2) is 5.84. The van der Waals surface area contributed by atoms with Gasteiger partial charge in [0.25, 0.3) is 0 Å². The van der Waals surface area contributed by atoms with Crippen LogP contribution in [0.25, 0.3) is 0 Å². The van der Waals surface area contributed by atoms with Gasteiger partial charge in [-0.3, -0.25) is 0 Å². The molecule has 2 N–H and O–H groups in total. The molecule has 0 aliphatic carbocycles. The Morgan fingerprint density at radius 1 is 1.56 bits per heavy atom. The van der Waals surface area contributed by atoms with Gasteiger partial charge in [0.2, 0.25) is 0 Å². The second-order valence-corrected chi connectivity index (χ2v) is 5.04. The van der Waals surface area contributed by atoms with Gasteiger partial charge in [-0.25, -0.2) is 0 Å². The summed E-state index contributed by atoms with van der Waals surface area (Å²) in [6, 6.07) is 2.00. The van der Waals surface area contributed by atoms with Crippen molar-refractivity contribution in [2.24, 2.45) is 5.73 Å². The Hall–Kier alpha value is -0.320. The van der Waals surface area contributed by atoms with E-state index in [1.807, 2.05) is 6.07 Å². The van der Waals surface area contributed by atoms with Crippen molar-refractivity contribution in [1.82, 2.24) is 0 Å². The zero-order valence-corrected chi connectivity index (χ0v) is 10.9. The SMILES string of the molecule is NC(CCCC1CCCO1)c1ccoc1Br. The Balaban J connectivity index is 1.71. The van der Waals surface area contributed by atoms with Gasteiger partial charge in [0.05, 0.1) is 12.4 Å². The van der Waals surface area contributed by atoms with Crippen molar-refractivity contribution in [3.63, 3.8) is 0 Å². The van der Waals surface area contributed by atoms with E-state index >= 15 is 0 Å². The molecule has 0 saturated carbocycles. The maximum absolute atomic E-state index is 6.09. The highest BCUT2D eigenvalue weighted by Crippen LogP contribution is 2.27. The highest BCUT2D eigenvalue weighted by atomic mass is 79.9. The first kappa shape index (κ1) is 12.1. The van der Waals surface area contributed by atoms with E-state index in [1.165, 1.54) is 12.8 Å². The van der Waals surface area contributed by atoms with Crippen LogP contribution in [0.1, 0.15) is 43.7 Å². The Kier molecular flexibility index (Phi) is 4.44. The molecule has 3 nitrogen and oxygen atoms in total. The number of hydrogen-bond acceptors (Lipinski definition) is 3. The first-order valence-electron chi connectivity index (χ1n) is 5.87. The maximum atomic E-state index is 6.09. The average Bonchev–Trinajstić information content (AvgIpc) is 2.88. The largest absolute Gasteiger partial charge is 0.457 e. The standard InChI is InChI=1S/C12H18BrNO2/c13-12-10(6-8-16-12)11(14)5-1-3-9-4-2-7-15-9/h6,8-9,11H,1-5,7,14H2. The molecule has 0 bridgehead atoms. The van der Waals surface area contributed by atoms with E-state index in [2.05, 4.69) is 15.9 Å². The molecule has 2 atom stereocenters. The molecule has 1 aliphatic rings. The minimum absolute atomic E-state index is 0.0644. The third-order valence-electron chi connectivity index (χ3n) is 3.11. The fourth-order valence-electron chi connectivity index (χ4n) is 2.16. The molecule has 4 heteroatoms. The van der Waals surface area contributed by atoms with Crippen LogP contribution in [0.2, 0.25) is 0 Å². The van der Waals surface area contributed by atoms with Crippen molar-refractivity contribution in [3.05, 3.63) is 22.6 Å². The molecule has 0 spiro atoms. The molecule has 1 aliphatic heterocycles. The first-order valence-corrected chi connectivity index (χ1v) is 6.66. The fraction of sp³-hybridized carbons (Fsp3) is 0.667. The van der Waals surface area contributed by atoms with E-state index in [0.717, 1.165) is 36.1 Å². The van der Waals surface area contributed by atoms with Crippen LogP contribution in [0.3, 0.4) is 0 Å². The molecule has 0 aromatic carbocycles. The lowest BCUT2D eigenvalue weighted by atomic mass is 10.0. The summed E-state index contributed by atoms with van der Waals surface area (Å²) < 4.78 is 11.5. The molecule has 2 unspecified atom stereocenters. The molecule has 1 aromatic rings. The van der Waals surface area contributed by atoms with Crippen LogP contribution >= 0.6 is 15.9 Å². The molecule has 2 rings (SSSR count). The van der Waals surface area contributed by atoms with Gasteiger partial charge in [-0.2, -0.15) is 0 Å². The summed E-state index contributed by atoms with van der Waals surface area (Å²) in [5.74, 6) is 0. The van der Waals surface area contributed by atoms with E-state index in [4.69, 9.17) is 14.9 Å². The summed E-state index contributed by atoms with van der Waals surface area (Å²) in [5, 5.41) is 0. The maximum Gasteiger partial charge on any atom is 0.173 e. The topological polar surface area (TPSA) is 48.4 Å². The Morgan fingerprint density at radius 2 is 2.44 bits per heavy atom. The Bertz CT molecular complexity index is 321. The van der Waals surface area contributed by atoms with Crippen LogP contribution in [-0.4, -0.2) is 12.7 Å². The van der Waals surface area contributed by atoms with E-state index in [9.17, 15) is 0 Å². The lowest BCUT2D eigenvalue weighted by Gasteiger charge is -2.12. The first-order chi connectivity index (χ1) is 7.77. The third kappa shape index (κ3) is 3.09. The van der Waals surface area contributed by atoms with Crippen LogP contribution in [0, 0.1) is 0 Å². The van der Waals surface area contributed by atoms with Crippen LogP contribution in [-0.2, 0) is 4.74 Å². The van der Waals surface area contributed by atoms with E-state index in [0.29, 0.717) is 6.10 Å². The van der Waals surface area contributed by atoms with E-state index in [-0.39, 0.29) is 6.04 Å². The van der Waals surface area contributed by atoms with Gasteiger partial charge in [0.15, 0.2) is 4.67 Å². The molecule has 2 heterocycles. The van der Waals surface area contributed by atoms with Gasteiger partial charge >= 0.3 is 0 Å². The van der Waals surface area contributed by atoms with Crippen molar-refractivity contribution in [2.45, 2.75) is 44.2 Å². The second-order valence-electron chi connectivity index (χ2n) is 4.32. The lowest BCUT2D eigenvalue weighted by Crippen LogP contribution is -2.11. The molecule has 0 radical (unpaired) electrons. The predicted molar refractivity (Wildman–Crippen MR) is 66.2 cm³/mol. The van der Waals surface area contributed by atoms with E-state index < -0.39 is 0 Å². The lowest BCUT2D eigenvalue weighted by molar-refractivity contribution is 0.101. The predicted octanol–water partition coefficient (Wildman–Crippen LogP) is 3.39. The van der Waals surface area contributed by atoms with Crippen molar-refractivity contribution in [3.8, 4) is 0 Å². The monoisotopic (exact) mass is 287 g/mol. The summed E-state index contributed by atoms with van der Waals surface area (Å²) in [6.45, 7) is 0.935. The summed E-state index contributed by atoms with van der Waals surface area (Å²) in [7, 11) is 0. The van der Waals surface area contributed by atoms with Crippen molar-refractivity contribution in [2.75, 3.05) is 6.61 Å². The van der Waals surface area contributed by atoms with Gasteiger partial charge in [0, 0.05) is 18.2 Å². The Morgan fingerprint density at radius 3 is 3.06 bits per heavy atom. The minimum atomic E-state index is 0.0644. The molecule has 16 heavy (non-hydrogen) atoms. The molecule has 1 saturated heterocycles. The number of ether oxygens (including phenoxy) is 1. The van der Waals surface area contributed by atoms with Gasteiger partial charge in [-0.05, 0) is 54.1 Å². The highest BCUT2D eigenvalue weighted by molar-refractivity contribution is 9.10. The van der Waals surface area contributed by atoms with Gasteiger partial charge < -0.3 is 14.9 Å². The van der Waals surface area contributed by atoms with E-state index in [1.54, 1.807) is 6.26 Å². The summed E-state index contributed by atoms with van der Waals surface area (Å²) in [5.41, 5.74) is 7.16. The van der Waals surface area contributed by atoms with Gasteiger partial charge in [-0.1, -0.05) is 0 Å². The molecule has 1 fully saturated rings. The van der Waals surface area contributed by atoms with Crippen molar-refractivity contribution >= 4 is 15.9 Å². The molecular formula is C12H18BrNO2. The van der Waals surface area contributed by atoms with Crippen LogP contribution < -0.4 is 5.73 Å². The molecule has 1 aromatic heterocycles. The zero-order chi connectivity index (χ0) is 11.4. The summed E-state index contributed by atoms with van der Waals surface area (Å²) in [6.07, 6.45) is 7.79. The number of hydrogen-bond donors (Lipinski definition) is 1. The normalized spacial score (nSPS) is 22.5. The van der Waals surface area contributed by atoms with Crippen molar-refractivity contribution in [1.29, 1.82) is 0 Å². The van der Waals surface area contributed by atoms with Crippen molar-refractivity contribution < 1.29 is 9.15 Å². The number of rotatable bonds is 5. The smallest absolute Gasteiger partial charge is 0.173 e. The zero-order valence-electron chi connectivity index (χ0n) is 9.32. The quantitative estimate of drug-likeness (QED) is 0.903. The summed E-state index contributed by atoms with van der Waals surface area (Å²) in [4.78, 5) is 0. The average molecular weight is 288 g/mol. The summed E-state index contributed by atoms with van der Waals surface area (Å²) >= 11 is 3.35. The minimum Gasteiger partial charge on any atom is -0.457 e. The van der Waals surface area contributed by atoms with Gasteiger partial charge in [0.1, 0.15) is 0 Å².